The van der Waals surface area contributed by atoms with E-state index in [2.05, 4.69) is 26.2 Å². The molecule has 1 aliphatic heterocycles. The van der Waals surface area contributed by atoms with Crippen LogP contribution in [0.2, 0.25) is 0 Å². The summed E-state index contributed by atoms with van der Waals surface area (Å²) < 4.78 is 78.8. The highest BCUT2D eigenvalue weighted by Gasteiger charge is 2.38. The molecule has 2 aromatic rings. The number of alkyl halides is 6. The number of pyridine rings is 1. The molecular weight excluding hydrogens is 506 g/mol. The molecule has 1 fully saturated rings. The van der Waals surface area contributed by atoms with Gasteiger partial charge in [0.25, 0.3) is 0 Å². The number of anilines is 2. The lowest BCUT2D eigenvalue weighted by Crippen LogP contribution is -2.55. The highest BCUT2D eigenvalue weighted by Crippen LogP contribution is 2.37. The van der Waals surface area contributed by atoms with Crippen LogP contribution < -0.4 is 10.2 Å². The number of nitrogens with one attached hydrogen (secondary N) is 1. The topological polar surface area (TPSA) is 48.5 Å². The Hall–Kier alpha value is -2.50. The number of carbonyl (C=O) groups excluding carboxylic acids is 1. The number of benzene rings is 1. The minimum atomic E-state index is -4.60. The number of hydrogen-bond acceptors (Lipinski definition) is 3. The molecule has 3 rings (SSSR count). The molecule has 12 heteroatoms. The maximum atomic E-state index is 13.3. The lowest BCUT2D eigenvalue weighted by atomic mass is 10.1. The van der Waals surface area contributed by atoms with E-state index in [4.69, 9.17) is 0 Å². The Balaban J connectivity index is 0.00000363. The summed E-state index contributed by atoms with van der Waals surface area (Å²) in [6.07, 6.45) is -7.91. The number of aromatic nitrogens is 1. The Morgan fingerprint density at radius 3 is 2.34 bits per heavy atom. The molecule has 0 radical (unpaired) electrons. The molecule has 0 unspecified atom stereocenters. The van der Waals surface area contributed by atoms with Gasteiger partial charge in [-0.15, -0.1) is 0 Å². The molecule has 1 aliphatic rings. The zero-order valence-corrected chi connectivity index (χ0v) is 17.6. The SMILES string of the molecule is C.C[C@@H]1CN(c2ncccc2C(F)(F)F)CCN1C(=O)Nc1ccc(Br)c(C(F)(F)F)c1. The first-order valence-electron chi connectivity index (χ1n) is 9.09. The number of nitrogens with zero attached hydrogens (tertiary/aromatic N) is 3. The molecule has 176 valence electrons. The maximum Gasteiger partial charge on any atom is 0.419 e. The molecule has 0 aliphatic carbocycles. The highest BCUT2D eigenvalue weighted by atomic mass is 79.9. The van der Waals surface area contributed by atoms with Gasteiger partial charge in [0.2, 0.25) is 0 Å². The molecule has 0 spiro atoms. The van der Waals surface area contributed by atoms with Crippen molar-refractivity contribution in [3.05, 3.63) is 52.1 Å². The van der Waals surface area contributed by atoms with Crippen molar-refractivity contribution < 1.29 is 31.1 Å². The van der Waals surface area contributed by atoms with Gasteiger partial charge in [0, 0.05) is 42.0 Å². The van der Waals surface area contributed by atoms with Gasteiger partial charge in [0.1, 0.15) is 5.82 Å². The van der Waals surface area contributed by atoms with E-state index >= 15 is 0 Å². The summed E-state index contributed by atoms with van der Waals surface area (Å²) >= 11 is 2.83. The van der Waals surface area contributed by atoms with Gasteiger partial charge in [-0.1, -0.05) is 23.4 Å². The fraction of sp³-hybridized carbons (Fsp3) is 0.400. The van der Waals surface area contributed by atoms with Gasteiger partial charge in [-0.3, -0.25) is 0 Å². The average molecular weight is 527 g/mol. The van der Waals surface area contributed by atoms with Crippen LogP contribution in [0, 0.1) is 0 Å². The van der Waals surface area contributed by atoms with Crippen molar-refractivity contribution >= 4 is 33.5 Å². The maximum absolute atomic E-state index is 13.3. The lowest BCUT2D eigenvalue weighted by Gasteiger charge is -2.40. The van der Waals surface area contributed by atoms with Gasteiger partial charge in [-0.2, -0.15) is 26.3 Å². The molecular formula is C20H21BrF6N4O. The van der Waals surface area contributed by atoms with E-state index in [0.29, 0.717) is 0 Å². The molecule has 0 saturated carbocycles. The Kier molecular flexibility index (Phi) is 7.69. The summed E-state index contributed by atoms with van der Waals surface area (Å²) in [7, 11) is 0. The van der Waals surface area contributed by atoms with Crippen molar-refractivity contribution in [2.24, 2.45) is 0 Å². The van der Waals surface area contributed by atoms with E-state index in [1.165, 1.54) is 34.2 Å². The van der Waals surface area contributed by atoms with E-state index < -0.39 is 35.6 Å². The first kappa shape index (κ1) is 25.8. The van der Waals surface area contributed by atoms with E-state index in [1.54, 1.807) is 6.92 Å². The Labute approximate surface area is 189 Å². The number of rotatable bonds is 2. The second-order valence-electron chi connectivity index (χ2n) is 6.98. The summed E-state index contributed by atoms with van der Waals surface area (Å²) in [6.45, 7) is 1.89. The second-order valence-corrected chi connectivity index (χ2v) is 7.84. The number of hydrogen-bond donors (Lipinski definition) is 1. The van der Waals surface area contributed by atoms with Crippen LogP contribution in [0.4, 0.5) is 42.6 Å². The van der Waals surface area contributed by atoms with E-state index in [9.17, 15) is 31.1 Å². The zero-order valence-electron chi connectivity index (χ0n) is 16.1. The van der Waals surface area contributed by atoms with Crippen LogP contribution in [0.3, 0.4) is 0 Å². The smallest absolute Gasteiger partial charge is 0.352 e. The van der Waals surface area contributed by atoms with Gasteiger partial charge in [-0.25, -0.2) is 9.78 Å². The van der Waals surface area contributed by atoms with Gasteiger partial charge >= 0.3 is 18.4 Å². The van der Waals surface area contributed by atoms with E-state index in [-0.39, 0.29) is 43.0 Å². The van der Waals surface area contributed by atoms with Crippen molar-refractivity contribution in [2.45, 2.75) is 32.7 Å². The Morgan fingerprint density at radius 1 is 1.09 bits per heavy atom. The second kappa shape index (κ2) is 9.55. The number of halogens is 7. The van der Waals surface area contributed by atoms with Crippen molar-refractivity contribution in [1.82, 2.24) is 9.88 Å². The Bertz CT molecular complexity index is 966. The molecule has 32 heavy (non-hydrogen) atoms. The predicted octanol–water partition coefficient (Wildman–Crippen LogP) is 6.26. The summed E-state index contributed by atoms with van der Waals surface area (Å²) in [6, 6.07) is 4.31. The predicted molar refractivity (Wildman–Crippen MR) is 113 cm³/mol. The van der Waals surface area contributed by atoms with Crippen LogP contribution in [0.1, 0.15) is 25.5 Å². The van der Waals surface area contributed by atoms with Gasteiger partial charge in [0.15, 0.2) is 0 Å². The fourth-order valence-electron chi connectivity index (χ4n) is 3.34. The first-order valence-corrected chi connectivity index (χ1v) is 9.88. The molecule has 1 aromatic carbocycles. The number of urea groups is 1. The van der Waals surface area contributed by atoms with Crippen LogP contribution in [0.5, 0.6) is 0 Å². The third-order valence-corrected chi connectivity index (χ3v) is 5.49. The van der Waals surface area contributed by atoms with Crippen molar-refractivity contribution in [3.8, 4) is 0 Å². The lowest BCUT2D eigenvalue weighted by molar-refractivity contribution is -0.138. The molecule has 1 saturated heterocycles. The van der Waals surface area contributed by atoms with Crippen molar-refractivity contribution in [2.75, 3.05) is 29.9 Å². The average Bonchev–Trinajstić information content (AvgIpc) is 2.67. The molecule has 5 nitrogen and oxygen atoms in total. The summed E-state index contributed by atoms with van der Waals surface area (Å²) in [5.74, 6) is -0.218. The molecule has 0 bridgehead atoms. The number of carbonyl (C=O) groups is 1. The van der Waals surface area contributed by atoms with E-state index in [1.807, 2.05) is 0 Å². The van der Waals surface area contributed by atoms with Crippen LogP contribution in [0.25, 0.3) is 0 Å². The minimum absolute atomic E-state index is 0. The van der Waals surface area contributed by atoms with Crippen LogP contribution in [-0.4, -0.2) is 41.6 Å². The molecule has 1 atom stereocenters. The van der Waals surface area contributed by atoms with E-state index in [0.717, 1.165) is 12.1 Å². The van der Waals surface area contributed by atoms with Gasteiger partial charge in [0.05, 0.1) is 11.1 Å². The van der Waals surface area contributed by atoms with Crippen LogP contribution >= 0.6 is 15.9 Å². The van der Waals surface area contributed by atoms with Crippen LogP contribution in [-0.2, 0) is 12.4 Å². The fourth-order valence-corrected chi connectivity index (χ4v) is 3.81. The molecule has 2 amide bonds. The van der Waals surface area contributed by atoms with Crippen molar-refractivity contribution in [1.29, 1.82) is 0 Å². The third-order valence-electron chi connectivity index (χ3n) is 4.80. The monoisotopic (exact) mass is 526 g/mol. The Morgan fingerprint density at radius 2 is 1.75 bits per heavy atom. The highest BCUT2D eigenvalue weighted by molar-refractivity contribution is 9.10. The molecule has 1 aromatic heterocycles. The van der Waals surface area contributed by atoms with Crippen LogP contribution in [0.15, 0.2) is 41.0 Å². The summed E-state index contributed by atoms with van der Waals surface area (Å²) in [5.41, 5.74) is -1.84. The number of amides is 2. The first-order chi connectivity index (χ1) is 14.4. The molecule has 2 heterocycles. The zero-order chi connectivity index (χ0) is 23.0. The quantitative estimate of drug-likeness (QED) is 0.470. The largest absolute Gasteiger partial charge is 0.419 e. The molecule has 1 N–H and O–H groups in total. The standard InChI is InChI=1S/C19H17BrF6N4O.CH4/c1-11-10-29(16-13(18(21,22)23)3-2-6-27-16)7-8-30(11)17(31)28-12-4-5-15(20)14(9-12)19(24,25)26;/h2-6,9,11H,7-8,10H2,1H3,(H,28,31);1H4/t11-;/m1./s1. The summed E-state index contributed by atoms with van der Waals surface area (Å²) in [5, 5.41) is 2.42. The number of piperazine rings is 1. The minimum Gasteiger partial charge on any atom is -0.352 e. The van der Waals surface area contributed by atoms with Crippen molar-refractivity contribution in [3.63, 3.8) is 0 Å². The van der Waals surface area contributed by atoms with Gasteiger partial charge in [-0.05, 0) is 37.3 Å². The normalized spacial score (nSPS) is 17.1. The third kappa shape index (κ3) is 5.64. The van der Waals surface area contributed by atoms with Gasteiger partial charge < -0.3 is 15.1 Å². The summed E-state index contributed by atoms with van der Waals surface area (Å²) in [4.78, 5) is 19.3.